The summed E-state index contributed by atoms with van der Waals surface area (Å²) in [6.07, 6.45) is 0.229. The normalized spacial score (nSPS) is 19.5. The number of hydrogen-bond donors (Lipinski definition) is 1. The van der Waals surface area contributed by atoms with Gasteiger partial charge in [0.15, 0.2) is 0 Å². The molecule has 92 valence electrons. The smallest absolute Gasteiger partial charge is 0.410 e. The van der Waals surface area contributed by atoms with Crippen molar-refractivity contribution in [1.29, 1.82) is 0 Å². The van der Waals surface area contributed by atoms with Crippen molar-refractivity contribution in [2.75, 3.05) is 13.1 Å². The second kappa shape index (κ2) is 5.14. The van der Waals surface area contributed by atoms with Crippen molar-refractivity contribution in [3.63, 3.8) is 0 Å². The monoisotopic (exact) mass is 238 g/mol. The van der Waals surface area contributed by atoms with Crippen LogP contribution in [0.2, 0.25) is 0 Å². The summed E-state index contributed by atoms with van der Waals surface area (Å²) in [5, 5.41) is 0. The lowest BCUT2D eigenvalue weighted by Crippen LogP contribution is -2.25. The van der Waals surface area contributed by atoms with Crippen molar-refractivity contribution in [3.05, 3.63) is 35.6 Å². The highest BCUT2D eigenvalue weighted by Gasteiger charge is 2.30. The Morgan fingerprint density at radius 2 is 2.12 bits per heavy atom. The van der Waals surface area contributed by atoms with Crippen LogP contribution in [0.5, 0.6) is 0 Å². The summed E-state index contributed by atoms with van der Waals surface area (Å²) >= 11 is 0. The van der Waals surface area contributed by atoms with Crippen molar-refractivity contribution in [2.24, 2.45) is 5.73 Å². The van der Waals surface area contributed by atoms with Gasteiger partial charge in [0.2, 0.25) is 0 Å². The van der Waals surface area contributed by atoms with Crippen LogP contribution in [0.4, 0.5) is 9.18 Å². The molecule has 0 aliphatic carbocycles. The van der Waals surface area contributed by atoms with Crippen LogP contribution < -0.4 is 5.73 Å². The summed E-state index contributed by atoms with van der Waals surface area (Å²) in [4.78, 5) is 13.1. The van der Waals surface area contributed by atoms with E-state index in [1.165, 1.54) is 12.1 Å². The first kappa shape index (κ1) is 11.9. The Hall–Kier alpha value is -1.62. The summed E-state index contributed by atoms with van der Waals surface area (Å²) in [6.45, 7) is 1.50. The van der Waals surface area contributed by atoms with Crippen molar-refractivity contribution in [1.82, 2.24) is 4.90 Å². The molecule has 0 radical (unpaired) electrons. The van der Waals surface area contributed by atoms with Gasteiger partial charge in [-0.1, -0.05) is 12.1 Å². The molecule has 2 N–H and O–H groups in total. The van der Waals surface area contributed by atoms with Crippen LogP contribution >= 0.6 is 0 Å². The van der Waals surface area contributed by atoms with Gasteiger partial charge in [0.1, 0.15) is 11.9 Å². The summed E-state index contributed by atoms with van der Waals surface area (Å²) < 4.78 is 17.9. The minimum Gasteiger partial charge on any atom is -0.444 e. The van der Waals surface area contributed by atoms with Crippen LogP contribution in [0.3, 0.4) is 0 Å². The Kier molecular flexibility index (Phi) is 3.58. The first-order valence-electron chi connectivity index (χ1n) is 5.59. The Bertz CT molecular complexity index is 394. The molecule has 1 aliphatic heterocycles. The van der Waals surface area contributed by atoms with Gasteiger partial charge in [-0.15, -0.1) is 0 Å². The molecule has 1 atom stereocenters. The number of benzene rings is 1. The molecular formula is C12H15FN2O2. The maximum absolute atomic E-state index is 12.7. The number of nitrogens with two attached hydrogens (primary N) is 1. The standard InChI is InChI=1S/C12H15FN2O2/c13-10-3-1-9(2-4-10)7-15-8-11(5-6-14)17-12(15)16/h1-4,11H,5-8,14H2. The molecule has 0 saturated carbocycles. The number of halogens is 1. The second-order valence-electron chi connectivity index (χ2n) is 4.09. The number of rotatable bonds is 4. The van der Waals surface area contributed by atoms with Crippen molar-refractivity contribution in [2.45, 2.75) is 19.1 Å². The summed E-state index contributed by atoms with van der Waals surface area (Å²) in [5.74, 6) is -0.279. The van der Waals surface area contributed by atoms with E-state index in [0.717, 1.165) is 5.56 Å². The van der Waals surface area contributed by atoms with E-state index < -0.39 is 0 Å². The molecule has 1 saturated heterocycles. The van der Waals surface area contributed by atoms with Gasteiger partial charge in [-0.05, 0) is 30.7 Å². The van der Waals surface area contributed by atoms with Crippen LogP contribution in [0, 0.1) is 5.82 Å². The molecule has 1 amide bonds. The Morgan fingerprint density at radius 1 is 1.41 bits per heavy atom. The van der Waals surface area contributed by atoms with Crippen LogP contribution in [-0.4, -0.2) is 30.2 Å². The number of carbonyl (C=O) groups is 1. The Balaban J connectivity index is 1.95. The van der Waals surface area contributed by atoms with Gasteiger partial charge in [0.25, 0.3) is 0 Å². The summed E-state index contributed by atoms with van der Waals surface area (Å²) in [7, 11) is 0. The van der Waals surface area contributed by atoms with Crippen LogP contribution in [0.15, 0.2) is 24.3 Å². The van der Waals surface area contributed by atoms with Gasteiger partial charge < -0.3 is 15.4 Å². The van der Waals surface area contributed by atoms with Crippen LogP contribution in [-0.2, 0) is 11.3 Å². The lowest BCUT2D eigenvalue weighted by atomic mass is 10.2. The van der Waals surface area contributed by atoms with Crippen LogP contribution in [0.25, 0.3) is 0 Å². The second-order valence-corrected chi connectivity index (χ2v) is 4.09. The molecule has 17 heavy (non-hydrogen) atoms. The molecule has 5 heteroatoms. The Labute approximate surface area is 99.2 Å². The zero-order valence-electron chi connectivity index (χ0n) is 9.43. The molecule has 1 heterocycles. The lowest BCUT2D eigenvalue weighted by Gasteiger charge is -2.12. The molecule has 0 aromatic heterocycles. The topological polar surface area (TPSA) is 55.6 Å². The molecule has 0 bridgehead atoms. The zero-order chi connectivity index (χ0) is 12.3. The zero-order valence-corrected chi connectivity index (χ0v) is 9.43. The highest BCUT2D eigenvalue weighted by Crippen LogP contribution is 2.16. The van der Waals surface area contributed by atoms with E-state index in [0.29, 0.717) is 26.1 Å². The molecular weight excluding hydrogens is 223 g/mol. The number of hydrogen-bond acceptors (Lipinski definition) is 3. The van der Waals surface area contributed by atoms with Gasteiger partial charge in [-0.25, -0.2) is 9.18 Å². The van der Waals surface area contributed by atoms with E-state index in [1.54, 1.807) is 17.0 Å². The first-order chi connectivity index (χ1) is 8.19. The molecule has 1 aromatic carbocycles. The minimum atomic E-state index is -0.326. The lowest BCUT2D eigenvalue weighted by molar-refractivity contribution is 0.129. The molecule has 4 nitrogen and oxygen atoms in total. The minimum absolute atomic E-state index is 0.118. The summed E-state index contributed by atoms with van der Waals surface area (Å²) in [6, 6.07) is 6.10. The van der Waals surface area contributed by atoms with Crippen molar-refractivity contribution in [3.8, 4) is 0 Å². The molecule has 1 aromatic rings. The molecule has 1 aliphatic rings. The van der Waals surface area contributed by atoms with E-state index in [4.69, 9.17) is 10.5 Å². The van der Waals surface area contributed by atoms with Gasteiger partial charge in [-0.3, -0.25) is 0 Å². The highest BCUT2D eigenvalue weighted by molar-refractivity contribution is 5.69. The van der Waals surface area contributed by atoms with Crippen molar-refractivity contribution < 1.29 is 13.9 Å². The maximum atomic E-state index is 12.7. The largest absolute Gasteiger partial charge is 0.444 e. The first-order valence-corrected chi connectivity index (χ1v) is 5.59. The number of amides is 1. The van der Waals surface area contributed by atoms with E-state index in [9.17, 15) is 9.18 Å². The summed E-state index contributed by atoms with van der Waals surface area (Å²) in [5.41, 5.74) is 6.30. The van der Waals surface area contributed by atoms with E-state index in [-0.39, 0.29) is 18.0 Å². The third-order valence-electron chi connectivity index (χ3n) is 2.73. The number of nitrogens with zero attached hydrogens (tertiary/aromatic N) is 1. The third-order valence-corrected chi connectivity index (χ3v) is 2.73. The Morgan fingerprint density at radius 3 is 2.76 bits per heavy atom. The fraction of sp³-hybridized carbons (Fsp3) is 0.417. The number of ether oxygens (including phenoxy) is 1. The molecule has 2 rings (SSSR count). The van der Waals surface area contributed by atoms with E-state index >= 15 is 0 Å². The quantitative estimate of drug-likeness (QED) is 0.864. The average Bonchev–Trinajstić information content (AvgIpc) is 2.63. The van der Waals surface area contributed by atoms with Gasteiger partial charge in [0.05, 0.1) is 6.54 Å². The number of cyclic esters (lactones) is 1. The predicted octanol–water partition coefficient (Wildman–Crippen LogP) is 1.50. The van der Waals surface area contributed by atoms with Gasteiger partial charge >= 0.3 is 6.09 Å². The third kappa shape index (κ3) is 2.94. The molecule has 1 fully saturated rings. The average molecular weight is 238 g/mol. The van der Waals surface area contributed by atoms with Gasteiger partial charge in [-0.2, -0.15) is 0 Å². The van der Waals surface area contributed by atoms with Gasteiger partial charge in [0, 0.05) is 6.54 Å². The van der Waals surface area contributed by atoms with E-state index in [2.05, 4.69) is 0 Å². The highest BCUT2D eigenvalue weighted by atomic mass is 19.1. The van der Waals surface area contributed by atoms with Crippen LogP contribution in [0.1, 0.15) is 12.0 Å². The van der Waals surface area contributed by atoms with E-state index in [1.807, 2.05) is 0 Å². The van der Waals surface area contributed by atoms with Crippen molar-refractivity contribution >= 4 is 6.09 Å². The fourth-order valence-electron chi connectivity index (χ4n) is 1.85. The number of carbonyl (C=O) groups excluding carboxylic acids is 1. The maximum Gasteiger partial charge on any atom is 0.410 e. The molecule has 1 unspecified atom stereocenters. The molecule has 0 spiro atoms. The SMILES string of the molecule is NCCC1CN(Cc2ccc(F)cc2)C(=O)O1. The fourth-order valence-corrected chi connectivity index (χ4v) is 1.85. The predicted molar refractivity (Wildman–Crippen MR) is 60.8 cm³/mol.